The maximum absolute atomic E-state index is 11.5. The van der Waals surface area contributed by atoms with Crippen molar-refractivity contribution in [2.75, 3.05) is 37.7 Å². The van der Waals surface area contributed by atoms with E-state index in [1.807, 2.05) is 4.90 Å². The number of primary amides is 1. The predicted molar refractivity (Wildman–Crippen MR) is 71.0 cm³/mol. The summed E-state index contributed by atoms with van der Waals surface area (Å²) in [6.45, 7) is 3.98. The number of sulfone groups is 1. The van der Waals surface area contributed by atoms with Gasteiger partial charge >= 0.3 is 0 Å². The summed E-state index contributed by atoms with van der Waals surface area (Å²) in [6.07, 6.45) is 1.86. The van der Waals surface area contributed by atoms with Crippen molar-refractivity contribution in [1.82, 2.24) is 10.2 Å². The molecule has 1 rings (SSSR count). The van der Waals surface area contributed by atoms with Gasteiger partial charge in [-0.15, -0.1) is 0 Å². The molecule has 6 nitrogen and oxygen atoms in total. The molecule has 0 aromatic carbocycles. The van der Waals surface area contributed by atoms with Crippen molar-refractivity contribution in [3.63, 3.8) is 0 Å². The van der Waals surface area contributed by atoms with E-state index in [-0.39, 0.29) is 24.1 Å². The van der Waals surface area contributed by atoms with Crippen molar-refractivity contribution in [2.45, 2.75) is 25.8 Å². The third-order valence-corrected chi connectivity index (χ3v) is 5.00. The number of nitrogens with two attached hydrogens (primary N) is 1. The highest BCUT2D eigenvalue weighted by molar-refractivity contribution is 7.91. The van der Waals surface area contributed by atoms with Gasteiger partial charge in [-0.05, 0) is 25.9 Å². The quantitative estimate of drug-likeness (QED) is 0.620. The van der Waals surface area contributed by atoms with Crippen LogP contribution in [0.3, 0.4) is 0 Å². The second-order valence-electron chi connectivity index (χ2n) is 4.65. The monoisotopic (exact) mass is 277 g/mol. The first-order chi connectivity index (χ1) is 8.44. The molecule has 0 aliphatic carbocycles. The van der Waals surface area contributed by atoms with E-state index in [1.54, 1.807) is 6.92 Å². The zero-order chi connectivity index (χ0) is 13.6. The standard InChI is InChI=1S/C11H23N3O3S/c1-2-18(16,17)8-7-14(9-11(12)15)10-3-5-13-6-4-10/h10,13H,2-9H2,1H3,(H2,12,15). The number of nitrogens with one attached hydrogen (secondary N) is 1. The Hall–Kier alpha value is -0.660. The summed E-state index contributed by atoms with van der Waals surface area (Å²) in [7, 11) is -3.00. The van der Waals surface area contributed by atoms with Crippen LogP contribution in [0.4, 0.5) is 0 Å². The van der Waals surface area contributed by atoms with Crippen LogP contribution >= 0.6 is 0 Å². The van der Waals surface area contributed by atoms with Crippen LogP contribution in [0.1, 0.15) is 19.8 Å². The summed E-state index contributed by atoms with van der Waals surface area (Å²) >= 11 is 0. The molecule has 1 aliphatic rings. The molecule has 1 saturated heterocycles. The van der Waals surface area contributed by atoms with Gasteiger partial charge in [0.15, 0.2) is 9.84 Å². The van der Waals surface area contributed by atoms with Gasteiger partial charge < -0.3 is 11.1 Å². The van der Waals surface area contributed by atoms with Crippen LogP contribution < -0.4 is 11.1 Å². The lowest BCUT2D eigenvalue weighted by Gasteiger charge is -2.33. The number of amides is 1. The van der Waals surface area contributed by atoms with Gasteiger partial charge in [-0.3, -0.25) is 9.69 Å². The Kier molecular flexibility index (Phi) is 6.04. The van der Waals surface area contributed by atoms with Gasteiger partial charge in [0.2, 0.25) is 5.91 Å². The average Bonchev–Trinajstić information content (AvgIpc) is 2.35. The average molecular weight is 277 g/mol. The maximum Gasteiger partial charge on any atom is 0.231 e. The fourth-order valence-corrected chi connectivity index (χ4v) is 2.96. The van der Waals surface area contributed by atoms with Gasteiger partial charge in [-0.1, -0.05) is 6.92 Å². The van der Waals surface area contributed by atoms with Crippen LogP contribution in [-0.2, 0) is 14.6 Å². The van der Waals surface area contributed by atoms with Crippen molar-refractivity contribution >= 4 is 15.7 Å². The van der Waals surface area contributed by atoms with Gasteiger partial charge in [-0.25, -0.2) is 8.42 Å². The number of hydrogen-bond donors (Lipinski definition) is 2. The molecule has 1 heterocycles. The Labute approximate surface area is 109 Å². The molecule has 0 saturated carbocycles. The lowest BCUT2D eigenvalue weighted by Crippen LogP contribution is -2.48. The Bertz CT molecular complexity index is 364. The molecular formula is C11H23N3O3S. The summed E-state index contributed by atoms with van der Waals surface area (Å²) in [6, 6.07) is 0.255. The van der Waals surface area contributed by atoms with Crippen molar-refractivity contribution in [3.8, 4) is 0 Å². The summed E-state index contributed by atoms with van der Waals surface area (Å²) in [5.74, 6) is -0.160. The van der Waals surface area contributed by atoms with Gasteiger partial charge in [0.05, 0.1) is 12.3 Å². The van der Waals surface area contributed by atoms with E-state index in [1.165, 1.54) is 0 Å². The molecule has 0 radical (unpaired) electrons. The Balaban J connectivity index is 2.57. The van der Waals surface area contributed by atoms with E-state index in [4.69, 9.17) is 5.73 Å². The number of carbonyl (C=O) groups excluding carboxylic acids is 1. The van der Waals surface area contributed by atoms with Crippen LogP contribution in [-0.4, -0.2) is 63.0 Å². The van der Waals surface area contributed by atoms with E-state index in [0.717, 1.165) is 25.9 Å². The number of nitrogens with zero attached hydrogens (tertiary/aromatic N) is 1. The number of rotatable bonds is 7. The van der Waals surface area contributed by atoms with E-state index < -0.39 is 15.7 Å². The highest BCUT2D eigenvalue weighted by Crippen LogP contribution is 2.11. The third-order valence-electron chi connectivity index (χ3n) is 3.31. The van der Waals surface area contributed by atoms with Crippen LogP contribution in [0, 0.1) is 0 Å². The van der Waals surface area contributed by atoms with Crippen molar-refractivity contribution in [1.29, 1.82) is 0 Å². The van der Waals surface area contributed by atoms with E-state index in [2.05, 4.69) is 5.32 Å². The highest BCUT2D eigenvalue weighted by Gasteiger charge is 2.23. The SMILES string of the molecule is CCS(=O)(=O)CCN(CC(N)=O)C1CCNCC1. The first kappa shape index (κ1) is 15.4. The molecule has 106 valence electrons. The Morgan fingerprint density at radius 2 is 2.00 bits per heavy atom. The predicted octanol–water partition coefficient (Wildman–Crippen LogP) is -1.04. The summed E-state index contributed by atoms with van der Waals surface area (Å²) in [5, 5.41) is 3.25. The molecule has 0 bridgehead atoms. The molecular weight excluding hydrogens is 254 g/mol. The van der Waals surface area contributed by atoms with Crippen molar-refractivity contribution in [3.05, 3.63) is 0 Å². The summed E-state index contributed by atoms with van der Waals surface area (Å²) < 4.78 is 23.0. The summed E-state index contributed by atoms with van der Waals surface area (Å²) in [4.78, 5) is 13.0. The fraction of sp³-hybridized carbons (Fsp3) is 0.909. The van der Waals surface area contributed by atoms with Gasteiger partial charge in [0.1, 0.15) is 0 Å². The lowest BCUT2D eigenvalue weighted by atomic mass is 10.0. The molecule has 0 aromatic rings. The fourth-order valence-electron chi connectivity index (χ4n) is 2.16. The van der Waals surface area contributed by atoms with E-state index >= 15 is 0 Å². The molecule has 7 heteroatoms. The Morgan fingerprint density at radius 1 is 1.39 bits per heavy atom. The molecule has 0 atom stereocenters. The zero-order valence-corrected chi connectivity index (χ0v) is 11.7. The molecule has 1 amide bonds. The van der Waals surface area contributed by atoms with Gasteiger partial charge in [-0.2, -0.15) is 0 Å². The molecule has 1 aliphatic heterocycles. The first-order valence-electron chi connectivity index (χ1n) is 6.38. The van der Waals surface area contributed by atoms with Crippen LogP contribution in [0.25, 0.3) is 0 Å². The number of carbonyl (C=O) groups is 1. The second kappa shape index (κ2) is 7.06. The molecule has 0 aromatic heterocycles. The van der Waals surface area contributed by atoms with Gasteiger partial charge in [0.25, 0.3) is 0 Å². The Morgan fingerprint density at radius 3 is 2.50 bits per heavy atom. The topological polar surface area (TPSA) is 92.5 Å². The van der Waals surface area contributed by atoms with E-state index in [9.17, 15) is 13.2 Å². The second-order valence-corrected chi connectivity index (χ2v) is 7.13. The van der Waals surface area contributed by atoms with Gasteiger partial charge in [0, 0.05) is 18.3 Å². The molecule has 3 N–H and O–H groups in total. The molecule has 0 spiro atoms. The highest BCUT2D eigenvalue weighted by atomic mass is 32.2. The maximum atomic E-state index is 11.5. The van der Waals surface area contributed by atoms with Crippen LogP contribution in [0.15, 0.2) is 0 Å². The molecule has 1 fully saturated rings. The number of piperidine rings is 1. The zero-order valence-electron chi connectivity index (χ0n) is 10.9. The minimum Gasteiger partial charge on any atom is -0.369 e. The largest absolute Gasteiger partial charge is 0.369 e. The molecule has 18 heavy (non-hydrogen) atoms. The minimum absolute atomic E-state index is 0.0979. The lowest BCUT2D eigenvalue weighted by molar-refractivity contribution is -0.119. The minimum atomic E-state index is -3.00. The van der Waals surface area contributed by atoms with Crippen molar-refractivity contribution in [2.24, 2.45) is 5.73 Å². The summed E-state index contributed by atoms with van der Waals surface area (Å²) in [5.41, 5.74) is 5.23. The first-order valence-corrected chi connectivity index (χ1v) is 8.20. The van der Waals surface area contributed by atoms with E-state index in [0.29, 0.717) is 6.54 Å². The smallest absolute Gasteiger partial charge is 0.231 e. The van der Waals surface area contributed by atoms with Crippen LogP contribution in [0.2, 0.25) is 0 Å². The normalized spacial score (nSPS) is 18.1. The van der Waals surface area contributed by atoms with Crippen molar-refractivity contribution < 1.29 is 13.2 Å². The molecule has 0 unspecified atom stereocenters. The number of hydrogen-bond acceptors (Lipinski definition) is 5. The van der Waals surface area contributed by atoms with Crippen LogP contribution in [0.5, 0.6) is 0 Å². The third kappa shape index (κ3) is 5.32.